The quantitative estimate of drug-likeness (QED) is 0.727. The van der Waals surface area contributed by atoms with Crippen LogP contribution in [-0.2, 0) is 21.2 Å². The number of primary amides is 1. The summed E-state index contributed by atoms with van der Waals surface area (Å²) in [6.45, 7) is 0. The molecule has 0 saturated carbocycles. The number of nitrogens with one attached hydrogen (secondary N) is 1. The van der Waals surface area contributed by atoms with Gasteiger partial charge in [-0.2, -0.15) is 0 Å². The van der Waals surface area contributed by atoms with Crippen molar-refractivity contribution >= 4 is 49.6 Å². The second-order valence-corrected chi connectivity index (χ2v) is 7.92. The van der Waals surface area contributed by atoms with Gasteiger partial charge in [-0.3, -0.25) is 14.3 Å². The Morgan fingerprint density at radius 3 is 2.62 bits per heavy atom. The molecule has 2 aromatic heterocycles. The van der Waals surface area contributed by atoms with Crippen molar-refractivity contribution in [3.63, 3.8) is 0 Å². The Labute approximate surface area is 128 Å². The Morgan fingerprint density at radius 1 is 1.29 bits per heavy atom. The van der Waals surface area contributed by atoms with Gasteiger partial charge in [-0.25, -0.2) is 8.42 Å². The van der Waals surface area contributed by atoms with Crippen molar-refractivity contribution in [2.45, 2.75) is 10.6 Å². The summed E-state index contributed by atoms with van der Waals surface area (Å²) in [5.74, 6) is -1.77. The average Bonchev–Trinajstić information content (AvgIpc) is 2.96. The monoisotopic (exact) mass is 346 g/mol. The zero-order chi connectivity index (χ0) is 15.6. The van der Waals surface area contributed by atoms with Crippen LogP contribution in [0.25, 0.3) is 0 Å². The normalized spacial score (nSPS) is 11.2. The fourth-order valence-corrected chi connectivity index (χ4v) is 4.97. The minimum absolute atomic E-state index is 0.0254. The van der Waals surface area contributed by atoms with E-state index in [1.54, 1.807) is 5.38 Å². The van der Waals surface area contributed by atoms with Crippen LogP contribution in [0.1, 0.15) is 15.2 Å². The minimum atomic E-state index is -3.88. The fraction of sp³-hybridized carbons (Fsp3) is 0.0909. The minimum Gasteiger partial charge on any atom is -0.481 e. The third-order valence-corrected chi connectivity index (χ3v) is 6.27. The standard InChI is InChI=1S/C11H10N2O5S3/c12-10(16)7-3-4-19-11(7)13-21(17,18)9-2-1-6(20-9)5-8(14)15/h1-4,13H,5H2,(H2,12,16)(H,14,15). The highest BCUT2D eigenvalue weighted by Crippen LogP contribution is 2.28. The molecule has 0 spiro atoms. The summed E-state index contributed by atoms with van der Waals surface area (Å²) in [6.07, 6.45) is -0.244. The number of rotatable bonds is 6. The molecular weight excluding hydrogens is 336 g/mol. The molecule has 0 aliphatic rings. The van der Waals surface area contributed by atoms with Gasteiger partial charge in [0.25, 0.3) is 15.9 Å². The molecule has 1 amide bonds. The van der Waals surface area contributed by atoms with Crippen LogP contribution in [0.5, 0.6) is 0 Å². The first-order chi connectivity index (χ1) is 9.79. The predicted octanol–water partition coefficient (Wildman–Crippen LogP) is 1.34. The van der Waals surface area contributed by atoms with Gasteiger partial charge >= 0.3 is 5.97 Å². The van der Waals surface area contributed by atoms with Crippen molar-refractivity contribution in [2.24, 2.45) is 5.73 Å². The first-order valence-electron chi connectivity index (χ1n) is 5.50. The van der Waals surface area contributed by atoms with Gasteiger partial charge in [0.15, 0.2) is 0 Å². The van der Waals surface area contributed by atoms with Crippen LogP contribution in [0.4, 0.5) is 5.00 Å². The topological polar surface area (TPSA) is 127 Å². The molecule has 7 nitrogen and oxygen atoms in total. The third-order valence-electron chi connectivity index (χ3n) is 2.39. The van der Waals surface area contributed by atoms with Gasteiger partial charge in [0, 0.05) is 4.88 Å². The van der Waals surface area contributed by atoms with Gasteiger partial charge in [0.05, 0.1) is 12.0 Å². The van der Waals surface area contributed by atoms with Crippen molar-refractivity contribution in [3.05, 3.63) is 34.0 Å². The summed E-state index contributed by atoms with van der Waals surface area (Å²) < 4.78 is 26.6. The molecule has 2 rings (SSSR count). The molecule has 2 aromatic rings. The lowest BCUT2D eigenvalue weighted by molar-refractivity contribution is -0.136. The number of hydrogen-bond acceptors (Lipinski definition) is 6. The molecule has 10 heteroatoms. The Kier molecular flexibility index (Phi) is 4.30. The van der Waals surface area contributed by atoms with Crippen LogP contribution in [-0.4, -0.2) is 25.4 Å². The Morgan fingerprint density at radius 2 is 2.00 bits per heavy atom. The molecule has 0 radical (unpaired) electrons. The summed E-state index contributed by atoms with van der Waals surface area (Å²) in [4.78, 5) is 22.2. The number of carboxylic acid groups (broad SMARTS) is 1. The van der Waals surface area contributed by atoms with Crippen LogP contribution in [0, 0.1) is 0 Å². The summed E-state index contributed by atoms with van der Waals surface area (Å²) in [5, 5.41) is 10.4. The van der Waals surface area contributed by atoms with Gasteiger partial charge in [0.2, 0.25) is 0 Å². The molecule has 0 saturated heterocycles. The van der Waals surface area contributed by atoms with E-state index in [0.29, 0.717) is 4.88 Å². The molecule has 0 aliphatic heterocycles. The zero-order valence-corrected chi connectivity index (χ0v) is 12.8. The van der Waals surface area contributed by atoms with Gasteiger partial charge in [-0.05, 0) is 23.6 Å². The van der Waals surface area contributed by atoms with E-state index in [2.05, 4.69) is 4.72 Å². The van der Waals surface area contributed by atoms with Crippen molar-refractivity contribution < 1.29 is 23.1 Å². The SMILES string of the molecule is NC(=O)c1ccsc1NS(=O)(=O)c1ccc(CC(=O)O)s1. The number of nitrogens with two attached hydrogens (primary N) is 1. The Bertz CT molecular complexity index is 790. The second kappa shape index (κ2) is 5.84. The molecule has 0 atom stereocenters. The van der Waals surface area contributed by atoms with E-state index in [-0.39, 0.29) is 21.2 Å². The lowest BCUT2D eigenvalue weighted by atomic mass is 10.3. The van der Waals surface area contributed by atoms with Crippen molar-refractivity contribution in [1.29, 1.82) is 0 Å². The lowest BCUT2D eigenvalue weighted by Crippen LogP contribution is -2.16. The molecule has 21 heavy (non-hydrogen) atoms. The number of carbonyl (C=O) groups is 2. The molecule has 112 valence electrons. The third kappa shape index (κ3) is 3.60. The first-order valence-corrected chi connectivity index (χ1v) is 8.68. The highest BCUT2D eigenvalue weighted by Gasteiger charge is 2.21. The molecule has 4 N–H and O–H groups in total. The number of anilines is 1. The van der Waals surface area contributed by atoms with Crippen LogP contribution in [0.3, 0.4) is 0 Å². The molecule has 2 heterocycles. The number of thiophene rings is 2. The van der Waals surface area contributed by atoms with E-state index in [1.165, 1.54) is 18.2 Å². The molecule has 0 aromatic carbocycles. The van der Waals surface area contributed by atoms with Crippen molar-refractivity contribution in [1.82, 2.24) is 0 Å². The van der Waals surface area contributed by atoms with Crippen LogP contribution >= 0.6 is 22.7 Å². The molecule has 0 fully saturated rings. The summed E-state index contributed by atoms with van der Waals surface area (Å²) >= 11 is 1.90. The number of aliphatic carboxylic acids is 1. The van der Waals surface area contributed by atoms with Gasteiger partial charge in [-0.15, -0.1) is 22.7 Å². The number of amides is 1. The van der Waals surface area contributed by atoms with Crippen LogP contribution in [0.15, 0.2) is 27.8 Å². The first kappa shape index (κ1) is 15.5. The van der Waals surface area contributed by atoms with Crippen molar-refractivity contribution in [3.8, 4) is 0 Å². The molecular formula is C11H10N2O5S3. The summed E-state index contributed by atoms with van der Waals surface area (Å²) in [7, 11) is -3.88. The number of carbonyl (C=O) groups excluding carboxylic acids is 1. The maximum Gasteiger partial charge on any atom is 0.308 e. The summed E-state index contributed by atoms with van der Waals surface area (Å²) in [5.41, 5.74) is 5.23. The smallest absolute Gasteiger partial charge is 0.308 e. The molecule has 0 aliphatic carbocycles. The van der Waals surface area contributed by atoms with E-state index in [4.69, 9.17) is 10.8 Å². The highest BCUT2D eigenvalue weighted by molar-refractivity contribution is 7.94. The van der Waals surface area contributed by atoms with Gasteiger partial charge in [-0.1, -0.05) is 0 Å². The maximum atomic E-state index is 12.2. The number of carboxylic acids is 1. The van der Waals surface area contributed by atoms with Crippen molar-refractivity contribution in [2.75, 3.05) is 4.72 Å². The fourth-order valence-electron chi connectivity index (χ4n) is 1.50. The Balaban J connectivity index is 2.26. The lowest BCUT2D eigenvalue weighted by Gasteiger charge is -2.05. The predicted molar refractivity (Wildman–Crippen MR) is 79.3 cm³/mol. The summed E-state index contributed by atoms with van der Waals surface area (Å²) in [6, 6.07) is 4.19. The van der Waals surface area contributed by atoms with E-state index >= 15 is 0 Å². The molecule has 0 bridgehead atoms. The molecule has 0 unspecified atom stereocenters. The number of hydrogen-bond donors (Lipinski definition) is 3. The van der Waals surface area contributed by atoms with E-state index in [1.807, 2.05) is 0 Å². The van der Waals surface area contributed by atoms with Gasteiger partial charge in [0.1, 0.15) is 9.21 Å². The van der Waals surface area contributed by atoms with Crippen LogP contribution in [0.2, 0.25) is 0 Å². The maximum absolute atomic E-state index is 12.2. The second-order valence-electron chi connectivity index (χ2n) is 3.92. The largest absolute Gasteiger partial charge is 0.481 e. The van der Waals surface area contributed by atoms with Gasteiger partial charge < -0.3 is 10.8 Å². The number of sulfonamides is 1. The Hall–Kier alpha value is -1.91. The zero-order valence-electron chi connectivity index (χ0n) is 10.4. The van der Waals surface area contributed by atoms with E-state index in [0.717, 1.165) is 22.7 Å². The van der Waals surface area contributed by atoms with Crippen LogP contribution < -0.4 is 10.5 Å². The van der Waals surface area contributed by atoms with E-state index in [9.17, 15) is 18.0 Å². The highest BCUT2D eigenvalue weighted by atomic mass is 32.2. The van der Waals surface area contributed by atoms with E-state index < -0.39 is 21.9 Å². The average molecular weight is 346 g/mol.